The number of aryl methyl sites for hydroxylation is 1. The van der Waals surface area contributed by atoms with Crippen LogP contribution in [-0.4, -0.2) is 11.1 Å². The van der Waals surface area contributed by atoms with Gasteiger partial charge in [-0.05, 0) is 48.9 Å². The number of rotatable bonds is 5. The van der Waals surface area contributed by atoms with Gasteiger partial charge in [0.1, 0.15) is 5.75 Å². The number of thiazole rings is 1. The summed E-state index contributed by atoms with van der Waals surface area (Å²) >= 11 is 1.55. The van der Waals surface area contributed by atoms with Gasteiger partial charge in [0.2, 0.25) is 0 Å². The summed E-state index contributed by atoms with van der Waals surface area (Å²) in [7, 11) is 0. The van der Waals surface area contributed by atoms with Crippen LogP contribution in [0.2, 0.25) is 0 Å². The highest BCUT2D eigenvalue weighted by atomic mass is 32.1. The Morgan fingerprint density at radius 3 is 2.34 bits per heavy atom. The maximum absolute atomic E-state index is 12.0. The third-order valence-electron chi connectivity index (χ3n) is 4.26. The van der Waals surface area contributed by atoms with Gasteiger partial charge in [-0.3, -0.25) is 5.32 Å². The van der Waals surface area contributed by atoms with Crippen LogP contribution in [0, 0.1) is 6.92 Å². The van der Waals surface area contributed by atoms with Crippen molar-refractivity contribution >= 4 is 33.9 Å². The molecule has 0 aliphatic rings. The molecule has 29 heavy (non-hydrogen) atoms. The topological polar surface area (TPSA) is 63.2 Å². The summed E-state index contributed by atoms with van der Waals surface area (Å²) in [5.41, 5.74) is 4.82. The van der Waals surface area contributed by atoms with E-state index < -0.39 is 6.09 Å². The van der Waals surface area contributed by atoms with E-state index in [1.54, 1.807) is 23.5 Å². The van der Waals surface area contributed by atoms with Crippen molar-refractivity contribution in [2.24, 2.45) is 0 Å². The lowest BCUT2D eigenvalue weighted by Gasteiger charge is -2.08. The minimum absolute atomic E-state index is 0.497. The van der Waals surface area contributed by atoms with Crippen LogP contribution in [0.15, 0.2) is 84.2 Å². The number of hydrogen-bond donors (Lipinski definition) is 2. The summed E-state index contributed by atoms with van der Waals surface area (Å²) in [5.74, 6) is 0.497. The summed E-state index contributed by atoms with van der Waals surface area (Å²) in [4.78, 5) is 16.6. The standard InChI is InChI=1S/C23H19N3O2S/c1-16-7-5-6-10-20(16)21-15-29-22(26-21)24-17-11-13-18(14-12-17)25-23(27)28-19-8-3-2-4-9-19/h2-15H,1H3,(H,24,26)(H,25,27). The van der Waals surface area contributed by atoms with E-state index in [0.717, 1.165) is 22.1 Å². The Kier molecular flexibility index (Phi) is 5.54. The summed E-state index contributed by atoms with van der Waals surface area (Å²) in [5, 5.41) is 8.86. The van der Waals surface area contributed by atoms with E-state index in [9.17, 15) is 4.79 Å². The normalized spacial score (nSPS) is 10.4. The fraction of sp³-hybridized carbons (Fsp3) is 0.0435. The first-order chi connectivity index (χ1) is 14.2. The SMILES string of the molecule is Cc1ccccc1-c1csc(Nc2ccc(NC(=O)Oc3ccccc3)cc2)n1. The van der Waals surface area contributed by atoms with E-state index in [1.807, 2.05) is 60.0 Å². The molecule has 2 N–H and O–H groups in total. The number of ether oxygens (including phenoxy) is 1. The van der Waals surface area contributed by atoms with Crippen molar-refractivity contribution in [1.82, 2.24) is 4.98 Å². The van der Waals surface area contributed by atoms with Gasteiger partial charge >= 0.3 is 6.09 Å². The molecular weight excluding hydrogens is 382 g/mol. The number of nitrogens with zero attached hydrogens (tertiary/aromatic N) is 1. The molecule has 3 aromatic carbocycles. The van der Waals surface area contributed by atoms with Crippen molar-refractivity contribution in [2.75, 3.05) is 10.6 Å². The van der Waals surface area contributed by atoms with E-state index in [4.69, 9.17) is 4.74 Å². The number of para-hydroxylation sites is 1. The summed E-state index contributed by atoms with van der Waals surface area (Å²) in [6, 6.07) is 24.5. The highest BCUT2D eigenvalue weighted by Gasteiger charge is 2.08. The lowest BCUT2D eigenvalue weighted by molar-refractivity contribution is 0.215. The zero-order chi connectivity index (χ0) is 20.1. The first-order valence-corrected chi connectivity index (χ1v) is 9.98. The number of anilines is 3. The largest absolute Gasteiger partial charge is 0.417 e. The predicted octanol–water partition coefficient (Wildman–Crippen LogP) is 6.47. The molecule has 1 amide bonds. The van der Waals surface area contributed by atoms with Crippen molar-refractivity contribution < 1.29 is 9.53 Å². The minimum atomic E-state index is -0.528. The minimum Gasteiger partial charge on any atom is -0.410 e. The molecule has 1 heterocycles. The summed E-state index contributed by atoms with van der Waals surface area (Å²) in [6.07, 6.45) is -0.528. The first-order valence-electron chi connectivity index (χ1n) is 9.10. The predicted molar refractivity (Wildman–Crippen MR) is 118 cm³/mol. The molecule has 0 bridgehead atoms. The number of aromatic nitrogens is 1. The highest BCUT2D eigenvalue weighted by Crippen LogP contribution is 2.29. The van der Waals surface area contributed by atoms with Crippen LogP contribution >= 0.6 is 11.3 Å². The van der Waals surface area contributed by atoms with Crippen LogP contribution in [0.3, 0.4) is 0 Å². The second-order valence-corrected chi connectivity index (χ2v) is 7.24. The van der Waals surface area contributed by atoms with Crippen LogP contribution in [0.4, 0.5) is 21.3 Å². The Morgan fingerprint density at radius 1 is 0.897 bits per heavy atom. The molecule has 0 saturated carbocycles. The van der Waals surface area contributed by atoms with E-state index in [1.165, 1.54) is 5.56 Å². The molecule has 0 atom stereocenters. The number of nitrogens with one attached hydrogen (secondary N) is 2. The zero-order valence-corrected chi connectivity index (χ0v) is 16.6. The van der Waals surface area contributed by atoms with Gasteiger partial charge in [-0.2, -0.15) is 0 Å². The van der Waals surface area contributed by atoms with Crippen molar-refractivity contribution in [3.63, 3.8) is 0 Å². The molecule has 0 saturated heterocycles. The number of amides is 1. The van der Waals surface area contributed by atoms with Crippen LogP contribution in [-0.2, 0) is 0 Å². The van der Waals surface area contributed by atoms with E-state index in [-0.39, 0.29) is 0 Å². The summed E-state index contributed by atoms with van der Waals surface area (Å²) < 4.78 is 5.22. The second-order valence-electron chi connectivity index (χ2n) is 6.38. The zero-order valence-electron chi connectivity index (χ0n) is 15.8. The molecule has 144 valence electrons. The average Bonchev–Trinajstić information content (AvgIpc) is 3.19. The molecule has 0 unspecified atom stereocenters. The molecule has 4 aromatic rings. The molecule has 0 radical (unpaired) electrons. The molecule has 6 heteroatoms. The van der Waals surface area contributed by atoms with Gasteiger partial charge in [-0.1, -0.05) is 42.5 Å². The monoisotopic (exact) mass is 401 g/mol. The molecule has 0 fully saturated rings. The van der Waals surface area contributed by atoms with Crippen molar-refractivity contribution in [1.29, 1.82) is 0 Å². The highest BCUT2D eigenvalue weighted by molar-refractivity contribution is 7.14. The smallest absolute Gasteiger partial charge is 0.410 e. The Labute approximate surface area is 173 Å². The van der Waals surface area contributed by atoms with Crippen LogP contribution in [0.25, 0.3) is 11.3 Å². The molecule has 5 nitrogen and oxygen atoms in total. The second kappa shape index (κ2) is 8.58. The fourth-order valence-electron chi connectivity index (χ4n) is 2.81. The van der Waals surface area contributed by atoms with Gasteiger partial charge in [-0.15, -0.1) is 11.3 Å². The lowest BCUT2D eigenvalue weighted by Crippen LogP contribution is -2.16. The lowest BCUT2D eigenvalue weighted by atomic mass is 10.1. The Hall–Kier alpha value is -3.64. The van der Waals surface area contributed by atoms with Gasteiger partial charge in [0.15, 0.2) is 5.13 Å². The van der Waals surface area contributed by atoms with Gasteiger partial charge < -0.3 is 10.1 Å². The molecule has 0 spiro atoms. The molecule has 1 aromatic heterocycles. The fourth-order valence-corrected chi connectivity index (χ4v) is 3.55. The van der Waals surface area contributed by atoms with Crippen LogP contribution in [0.1, 0.15) is 5.56 Å². The first kappa shape index (κ1) is 18.7. The Bertz CT molecular complexity index is 1110. The number of hydrogen-bond acceptors (Lipinski definition) is 5. The number of carbonyl (C=O) groups is 1. The van der Waals surface area contributed by atoms with Crippen LogP contribution in [0.5, 0.6) is 5.75 Å². The molecular formula is C23H19N3O2S. The van der Waals surface area contributed by atoms with E-state index >= 15 is 0 Å². The number of benzene rings is 3. The Balaban J connectivity index is 1.37. The quantitative estimate of drug-likeness (QED) is 0.402. The van der Waals surface area contributed by atoms with Gasteiger partial charge in [0.05, 0.1) is 5.69 Å². The number of carbonyl (C=O) groups excluding carboxylic acids is 1. The van der Waals surface area contributed by atoms with Crippen molar-refractivity contribution in [3.05, 3.63) is 89.8 Å². The third kappa shape index (κ3) is 4.80. The third-order valence-corrected chi connectivity index (χ3v) is 5.02. The van der Waals surface area contributed by atoms with Gasteiger partial charge in [0.25, 0.3) is 0 Å². The Morgan fingerprint density at radius 2 is 1.59 bits per heavy atom. The van der Waals surface area contributed by atoms with Crippen molar-refractivity contribution in [2.45, 2.75) is 6.92 Å². The maximum atomic E-state index is 12.0. The van der Waals surface area contributed by atoms with Gasteiger partial charge in [-0.25, -0.2) is 9.78 Å². The van der Waals surface area contributed by atoms with Gasteiger partial charge in [0, 0.05) is 22.3 Å². The van der Waals surface area contributed by atoms with E-state index in [2.05, 4.69) is 34.7 Å². The molecule has 4 rings (SSSR count). The van der Waals surface area contributed by atoms with Crippen LogP contribution < -0.4 is 15.4 Å². The summed E-state index contributed by atoms with van der Waals surface area (Å²) in [6.45, 7) is 2.08. The van der Waals surface area contributed by atoms with Crippen molar-refractivity contribution in [3.8, 4) is 17.0 Å². The molecule has 0 aliphatic heterocycles. The van der Waals surface area contributed by atoms with E-state index in [0.29, 0.717) is 11.4 Å². The average molecular weight is 401 g/mol. The maximum Gasteiger partial charge on any atom is 0.417 e. The molecule has 0 aliphatic carbocycles.